The lowest BCUT2D eigenvalue weighted by Gasteiger charge is -2.06. The molecular formula is C17H14Cl2N4O. The zero-order valence-electron chi connectivity index (χ0n) is 12.5. The average Bonchev–Trinajstić information content (AvgIpc) is 2.96. The van der Waals surface area contributed by atoms with E-state index in [1.54, 1.807) is 41.3 Å². The number of nitrogens with zero attached hydrogens (tertiary/aromatic N) is 2. The fourth-order valence-corrected chi connectivity index (χ4v) is 2.56. The van der Waals surface area contributed by atoms with Gasteiger partial charge in [0.1, 0.15) is 0 Å². The smallest absolute Gasteiger partial charge is 0.308 e. The standard InChI is InChI=1S/C17H14Cl2N4O/c18-13-5-3-6-14(8-13)21-17(24)22-15-9-20-23(11-15)10-12-4-1-2-7-16(12)19/h1-9,11H,10H2,(H2,21,22,24). The van der Waals surface area contributed by atoms with E-state index in [1.165, 1.54) is 0 Å². The molecule has 0 saturated heterocycles. The van der Waals surface area contributed by atoms with E-state index in [9.17, 15) is 4.79 Å². The number of nitrogens with one attached hydrogen (secondary N) is 2. The van der Waals surface area contributed by atoms with E-state index < -0.39 is 0 Å². The summed E-state index contributed by atoms with van der Waals surface area (Å²) in [5.41, 5.74) is 2.15. The highest BCUT2D eigenvalue weighted by Gasteiger charge is 2.06. The van der Waals surface area contributed by atoms with Crippen molar-refractivity contribution in [2.24, 2.45) is 0 Å². The van der Waals surface area contributed by atoms with Crippen LogP contribution in [0.5, 0.6) is 0 Å². The number of carbonyl (C=O) groups excluding carboxylic acids is 1. The third-order valence-corrected chi connectivity index (χ3v) is 3.87. The van der Waals surface area contributed by atoms with Gasteiger partial charge in [0.05, 0.1) is 18.4 Å². The summed E-state index contributed by atoms with van der Waals surface area (Å²) in [5, 5.41) is 10.9. The lowest BCUT2D eigenvalue weighted by molar-refractivity contribution is 0.262. The van der Waals surface area contributed by atoms with E-state index in [1.807, 2.05) is 24.3 Å². The molecule has 0 aliphatic carbocycles. The molecule has 3 rings (SSSR count). The molecule has 5 nitrogen and oxygen atoms in total. The van der Waals surface area contributed by atoms with Crippen LogP contribution in [-0.2, 0) is 6.54 Å². The molecule has 24 heavy (non-hydrogen) atoms. The number of hydrogen-bond acceptors (Lipinski definition) is 2. The van der Waals surface area contributed by atoms with Crippen LogP contribution in [0.3, 0.4) is 0 Å². The summed E-state index contributed by atoms with van der Waals surface area (Å²) in [4.78, 5) is 12.0. The lowest BCUT2D eigenvalue weighted by atomic mass is 10.2. The summed E-state index contributed by atoms with van der Waals surface area (Å²) < 4.78 is 1.70. The quantitative estimate of drug-likeness (QED) is 0.696. The third-order valence-electron chi connectivity index (χ3n) is 3.26. The highest BCUT2D eigenvalue weighted by atomic mass is 35.5. The molecule has 2 aromatic carbocycles. The number of rotatable bonds is 4. The molecule has 0 saturated carbocycles. The number of halogens is 2. The molecule has 0 aliphatic rings. The average molecular weight is 361 g/mol. The summed E-state index contributed by atoms with van der Waals surface area (Å²) in [6, 6.07) is 14.1. The number of amides is 2. The minimum Gasteiger partial charge on any atom is -0.308 e. The number of anilines is 2. The van der Waals surface area contributed by atoms with Crippen LogP contribution >= 0.6 is 23.2 Å². The van der Waals surface area contributed by atoms with E-state index in [-0.39, 0.29) is 6.03 Å². The zero-order valence-corrected chi connectivity index (χ0v) is 14.1. The van der Waals surface area contributed by atoms with Gasteiger partial charge in [-0.05, 0) is 29.8 Å². The Labute approximate surface area is 149 Å². The number of carbonyl (C=O) groups is 1. The van der Waals surface area contributed by atoms with E-state index in [2.05, 4.69) is 15.7 Å². The number of aromatic nitrogens is 2. The largest absolute Gasteiger partial charge is 0.323 e. The predicted octanol–water partition coefficient (Wildman–Crippen LogP) is 4.88. The van der Waals surface area contributed by atoms with Gasteiger partial charge in [-0.2, -0.15) is 5.10 Å². The monoisotopic (exact) mass is 360 g/mol. The molecule has 2 amide bonds. The maximum atomic E-state index is 12.0. The van der Waals surface area contributed by atoms with Gasteiger partial charge in [-0.3, -0.25) is 4.68 Å². The third kappa shape index (κ3) is 4.28. The van der Waals surface area contributed by atoms with Crippen molar-refractivity contribution in [3.8, 4) is 0 Å². The molecular weight excluding hydrogens is 347 g/mol. The Morgan fingerprint density at radius 2 is 1.83 bits per heavy atom. The second kappa shape index (κ2) is 7.38. The van der Waals surface area contributed by atoms with Gasteiger partial charge in [-0.1, -0.05) is 47.5 Å². The van der Waals surface area contributed by atoms with Crippen molar-refractivity contribution in [2.75, 3.05) is 10.6 Å². The maximum Gasteiger partial charge on any atom is 0.323 e. The van der Waals surface area contributed by atoms with Crippen molar-refractivity contribution in [1.82, 2.24) is 9.78 Å². The summed E-state index contributed by atoms with van der Waals surface area (Å²) in [6.07, 6.45) is 3.31. The molecule has 0 fully saturated rings. The predicted molar refractivity (Wildman–Crippen MR) is 96.9 cm³/mol. The number of hydrogen-bond donors (Lipinski definition) is 2. The second-order valence-electron chi connectivity index (χ2n) is 5.11. The molecule has 0 spiro atoms. The van der Waals surface area contributed by atoms with Gasteiger partial charge < -0.3 is 10.6 Å². The first kappa shape index (κ1) is 16.4. The van der Waals surface area contributed by atoms with Crippen LogP contribution in [-0.4, -0.2) is 15.8 Å². The summed E-state index contributed by atoms with van der Waals surface area (Å²) >= 11 is 12.0. The molecule has 0 aliphatic heterocycles. The summed E-state index contributed by atoms with van der Waals surface area (Å²) in [6.45, 7) is 0.525. The van der Waals surface area contributed by atoms with Crippen molar-refractivity contribution in [3.05, 3.63) is 76.5 Å². The van der Waals surface area contributed by atoms with Gasteiger partial charge in [0.25, 0.3) is 0 Å². The number of benzene rings is 2. The van der Waals surface area contributed by atoms with E-state index in [0.717, 1.165) is 5.56 Å². The van der Waals surface area contributed by atoms with Gasteiger partial charge in [0, 0.05) is 21.9 Å². The van der Waals surface area contributed by atoms with E-state index in [4.69, 9.17) is 23.2 Å². The Morgan fingerprint density at radius 3 is 2.62 bits per heavy atom. The first-order valence-corrected chi connectivity index (χ1v) is 7.95. The lowest BCUT2D eigenvalue weighted by Crippen LogP contribution is -2.19. The fourth-order valence-electron chi connectivity index (χ4n) is 2.18. The van der Waals surface area contributed by atoms with Crippen LogP contribution in [0.25, 0.3) is 0 Å². The van der Waals surface area contributed by atoms with Crippen molar-refractivity contribution in [3.63, 3.8) is 0 Å². The second-order valence-corrected chi connectivity index (χ2v) is 5.95. The van der Waals surface area contributed by atoms with Crippen LogP contribution in [0.15, 0.2) is 60.9 Å². The normalized spacial score (nSPS) is 10.4. The van der Waals surface area contributed by atoms with Crippen molar-refractivity contribution in [2.45, 2.75) is 6.54 Å². The van der Waals surface area contributed by atoms with E-state index in [0.29, 0.717) is 28.0 Å². The zero-order chi connectivity index (χ0) is 16.9. The Hall–Kier alpha value is -2.50. The van der Waals surface area contributed by atoms with Crippen LogP contribution in [0.4, 0.5) is 16.2 Å². The molecule has 0 bridgehead atoms. The highest BCUT2D eigenvalue weighted by Crippen LogP contribution is 2.17. The van der Waals surface area contributed by atoms with Gasteiger partial charge >= 0.3 is 6.03 Å². The maximum absolute atomic E-state index is 12.0. The van der Waals surface area contributed by atoms with Gasteiger partial charge in [0.15, 0.2) is 0 Å². The Morgan fingerprint density at radius 1 is 1.04 bits per heavy atom. The van der Waals surface area contributed by atoms with Crippen LogP contribution in [0.1, 0.15) is 5.56 Å². The minimum absolute atomic E-state index is 0.366. The van der Waals surface area contributed by atoms with Gasteiger partial charge in [0.2, 0.25) is 0 Å². The SMILES string of the molecule is O=C(Nc1cccc(Cl)c1)Nc1cnn(Cc2ccccc2Cl)c1. The van der Waals surface area contributed by atoms with Crippen LogP contribution in [0.2, 0.25) is 10.0 Å². The first-order chi connectivity index (χ1) is 11.6. The highest BCUT2D eigenvalue weighted by molar-refractivity contribution is 6.31. The fraction of sp³-hybridized carbons (Fsp3) is 0.0588. The molecule has 1 heterocycles. The molecule has 7 heteroatoms. The Bertz CT molecular complexity index is 863. The molecule has 0 radical (unpaired) electrons. The number of urea groups is 1. The topological polar surface area (TPSA) is 59.0 Å². The van der Waals surface area contributed by atoms with Crippen LogP contribution in [0, 0.1) is 0 Å². The minimum atomic E-state index is -0.366. The van der Waals surface area contributed by atoms with E-state index >= 15 is 0 Å². The van der Waals surface area contributed by atoms with Gasteiger partial charge in [-0.15, -0.1) is 0 Å². The Kier molecular flexibility index (Phi) is 5.03. The molecule has 0 unspecified atom stereocenters. The summed E-state index contributed by atoms with van der Waals surface area (Å²) in [5.74, 6) is 0. The molecule has 0 atom stereocenters. The van der Waals surface area contributed by atoms with Crippen molar-refractivity contribution < 1.29 is 4.79 Å². The molecule has 3 aromatic rings. The van der Waals surface area contributed by atoms with Crippen molar-refractivity contribution >= 4 is 40.6 Å². The first-order valence-electron chi connectivity index (χ1n) is 7.19. The molecule has 1 aromatic heterocycles. The summed E-state index contributed by atoms with van der Waals surface area (Å²) in [7, 11) is 0. The molecule has 2 N–H and O–H groups in total. The Balaban J connectivity index is 1.61. The van der Waals surface area contributed by atoms with Gasteiger partial charge in [-0.25, -0.2) is 4.79 Å². The van der Waals surface area contributed by atoms with Crippen LogP contribution < -0.4 is 10.6 Å². The molecule has 122 valence electrons. The van der Waals surface area contributed by atoms with Crippen molar-refractivity contribution in [1.29, 1.82) is 0 Å².